The number of thiophene rings is 1. The fourth-order valence-corrected chi connectivity index (χ4v) is 4.01. The Bertz CT molecular complexity index is 847. The number of nitrogens with one attached hydrogen (secondary N) is 1. The summed E-state index contributed by atoms with van der Waals surface area (Å²) in [4.78, 5) is 37.9. The zero-order chi connectivity index (χ0) is 19.6. The molecule has 1 atom stereocenters. The summed E-state index contributed by atoms with van der Waals surface area (Å²) >= 11 is 1.58. The van der Waals surface area contributed by atoms with Gasteiger partial charge in [0.25, 0.3) is 0 Å². The summed E-state index contributed by atoms with van der Waals surface area (Å²) < 4.78 is 0. The quantitative estimate of drug-likeness (QED) is 0.658. The van der Waals surface area contributed by atoms with Crippen molar-refractivity contribution < 1.29 is 14.7 Å². The molecular formula is C17H24N6O3S. The standard InChI is InChI=1S/C17H24N6O3S/c1-3-11-8-12-14(23-6-4-22(5-7-23)10(2)24)20-17(21-15(12)27-11)19-13(9-18)16(25)26/h8,13H,3-7,9,18H2,1-2H3,(H,25,26)(H,19,20,21)/t13-/m0/s1. The van der Waals surface area contributed by atoms with Crippen molar-refractivity contribution in [3.05, 3.63) is 10.9 Å². The highest BCUT2D eigenvalue weighted by atomic mass is 32.1. The third-order valence-corrected chi connectivity index (χ3v) is 5.81. The highest BCUT2D eigenvalue weighted by molar-refractivity contribution is 7.18. The van der Waals surface area contributed by atoms with Crippen molar-refractivity contribution >= 4 is 45.2 Å². The van der Waals surface area contributed by atoms with Gasteiger partial charge in [0.15, 0.2) is 0 Å². The molecule has 9 nitrogen and oxygen atoms in total. The maximum atomic E-state index is 11.6. The van der Waals surface area contributed by atoms with Crippen molar-refractivity contribution in [1.29, 1.82) is 0 Å². The number of piperazine rings is 1. The molecule has 4 N–H and O–H groups in total. The molecule has 3 rings (SSSR count). The van der Waals surface area contributed by atoms with Gasteiger partial charge in [0, 0.05) is 44.5 Å². The number of fused-ring (bicyclic) bond motifs is 1. The summed E-state index contributed by atoms with van der Waals surface area (Å²) in [5, 5.41) is 13.0. The first-order valence-corrected chi connectivity index (χ1v) is 9.75. The minimum atomic E-state index is -1.04. The highest BCUT2D eigenvalue weighted by Gasteiger charge is 2.24. The molecule has 0 aromatic carbocycles. The van der Waals surface area contributed by atoms with Crippen molar-refractivity contribution in [2.45, 2.75) is 26.3 Å². The summed E-state index contributed by atoms with van der Waals surface area (Å²) in [7, 11) is 0. The Balaban J connectivity index is 1.95. The number of hydrogen-bond acceptors (Lipinski definition) is 8. The maximum absolute atomic E-state index is 11.6. The van der Waals surface area contributed by atoms with Crippen LogP contribution in [0.2, 0.25) is 0 Å². The molecule has 146 valence electrons. The molecule has 1 fully saturated rings. The Morgan fingerprint density at radius 1 is 1.33 bits per heavy atom. The summed E-state index contributed by atoms with van der Waals surface area (Å²) in [6, 6.07) is 1.14. The molecular weight excluding hydrogens is 368 g/mol. The van der Waals surface area contributed by atoms with Gasteiger partial charge in [0.2, 0.25) is 11.9 Å². The SMILES string of the molecule is CCc1cc2c(N3CCN(C(C)=O)CC3)nc(N[C@@H](CN)C(=O)O)nc2s1. The van der Waals surface area contributed by atoms with Crippen LogP contribution in [0, 0.1) is 0 Å². The Hall–Kier alpha value is -2.46. The molecule has 3 heterocycles. The molecule has 2 aromatic heterocycles. The lowest BCUT2D eigenvalue weighted by Gasteiger charge is -2.35. The lowest BCUT2D eigenvalue weighted by molar-refractivity contribution is -0.137. The summed E-state index contributed by atoms with van der Waals surface area (Å²) in [6.45, 7) is 6.20. The van der Waals surface area contributed by atoms with Gasteiger partial charge < -0.3 is 26.0 Å². The van der Waals surface area contributed by atoms with Gasteiger partial charge in [-0.1, -0.05) is 6.92 Å². The summed E-state index contributed by atoms with van der Waals surface area (Å²) in [5.74, 6) is 0.0517. The number of carbonyl (C=O) groups excluding carboxylic acids is 1. The molecule has 1 aliphatic rings. The summed E-state index contributed by atoms with van der Waals surface area (Å²) in [6.07, 6.45) is 0.891. The van der Waals surface area contributed by atoms with Gasteiger partial charge in [-0.2, -0.15) is 4.98 Å². The number of hydrogen-bond donors (Lipinski definition) is 3. The van der Waals surface area contributed by atoms with E-state index in [1.807, 2.05) is 4.90 Å². The van der Waals surface area contributed by atoms with Crippen molar-refractivity contribution in [1.82, 2.24) is 14.9 Å². The van der Waals surface area contributed by atoms with Crippen LogP contribution in [0.3, 0.4) is 0 Å². The number of carboxylic acids is 1. The van der Waals surface area contributed by atoms with Crippen LogP contribution >= 0.6 is 11.3 Å². The lowest BCUT2D eigenvalue weighted by atomic mass is 10.2. The van der Waals surface area contributed by atoms with Gasteiger partial charge in [0.1, 0.15) is 16.7 Å². The van der Waals surface area contributed by atoms with E-state index in [2.05, 4.69) is 33.2 Å². The molecule has 0 bridgehead atoms. The monoisotopic (exact) mass is 392 g/mol. The third-order valence-electron chi connectivity index (χ3n) is 4.63. The van der Waals surface area contributed by atoms with Gasteiger partial charge in [-0.3, -0.25) is 4.79 Å². The Labute approximate surface area is 161 Å². The number of rotatable bonds is 6. The minimum absolute atomic E-state index is 0.0615. The Morgan fingerprint density at radius 2 is 2.04 bits per heavy atom. The lowest BCUT2D eigenvalue weighted by Crippen LogP contribution is -2.48. The fraction of sp³-hybridized carbons (Fsp3) is 0.529. The van der Waals surface area contributed by atoms with E-state index in [1.165, 1.54) is 4.88 Å². The third kappa shape index (κ3) is 4.11. The van der Waals surface area contributed by atoms with Gasteiger partial charge in [-0.15, -0.1) is 11.3 Å². The first-order chi connectivity index (χ1) is 12.9. The van der Waals surface area contributed by atoms with Gasteiger partial charge >= 0.3 is 5.97 Å². The largest absolute Gasteiger partial charge is 0.480 e. The van der Waals surface area contributed by atoms with Gasteiger partial charge in [0.05, 0.1) is 5.39 Å². The molecule has 0 radical (unpaired) electrons. The predicted octanol–water partition coefficient (Wildman–Crippen LogP) is 0.746. The van der Waals surface area contributed by atoms with E-state index in [1.54, 1.807) is 18.3 Å². The predicted molar refractivity (Wildman–Crippen MR) is 105 cm³/mol. The van der Waals surface area contributed by atoms with Crippen LogP contribution < -0.4 is 16.0 Å². The van der Waals surface area contributed by atoms with E-state index in [-0.39, 0.29) is 18.4 Å². The van der Waals surface area contributed by atoms with Crippen LogP contribution in [0.5, 0.6) is 0 Å². The second-order valence-corrected chi connectivity index (χ2v) is 7.54. The number of anilines is 2. The smallest absolute Gasteiger partial charge is 0.327 e. The minimum Gasteiger partial charge on any atom is -0.480 e. The second kappa shape index (κ2) is 8.05. The number of nitrogens with zero attached hydrogens (tertiary/aromatic N) is 4. The van der Waals surface area contributed by atoms with Crippen LogP contribution in [0.1, 0.15) is 18.7 Å². The van der Waals surface area contributed by atoms with Crippen LogP contribution in [-0.4, -0.2) is 70.6 Å². The summed E-state index contributed by atoms with van der Waals surface area (Å²) in [5.41, 5.74) is 5.54. The number of aromatic nitrogens is 2. The molecule has 0 aliphatic carbocycles. The second-order valence-electron chi connectivity index (χ2n) is 6.42. The number of carbonyl (C=O) groups is 2. The van der Waals surface area contributed by atoms with E-state index in [9.17, 15) is 14.7 Å². The van der Waals surface area contributed by atoms with Crippen molar-refractivity contribution in [3.8, 4) is 0 Å². The molecule has 10 heteroatoms. The number of aryl methyl sites for hydroxylation is 1. The molecule has 1 saturated heterocycles. The number of nitrogens with two attached hydrogens (primary N) is 1. The van der Waals surface area contributed by atoms with Crippen LogP contribution in [0.25, 0.3) is 10.2 Å². The highest BCUT2D eigenvalue weighted by Crippen LogP contribution is 2.33. The molecule has 0 saturated carbocycles. The maximum Gasteiger partial charge on any atom is 0.327 e. The van der Waals surface area contributed by atoms with E-state index >= 15 is 0 Å². The topological polar surface area (TPSA) is 125 Å². The normalized spacial score (nSPS) is 15.8. The zero-order valence-corrected chi connectivity index (χ0v) is 16.3. The average molecular weight is 392 g/mol. The number of aliphatic carboxylic acids is 1. The zero-order valence-electron chi connectivity index (χ0n) is 15.4. The number of amides is 1. The van der Waals surface area contributed by atoms with Gasteiger partial charge in [-0.05, 0) is 12.5 Å². The molecule has 1 aliphatic heterocycles. The van der Waals surface area contributed by atoms with Crippen molar-refractivity contribution in [2.24, 2.45) is 5.73 Å². The fourth-order valence-electron chi connectivity index (χ4n) is 3.05. The Morgan fingerprint density at radius 3 is 2.59 bits per heavy atom. The van der Waals surface area contributed by atoms with E-state index in [0.717, 1.165) is 22.5 Å². The first kappa shape index (κ1) is 19.3. The molecule has 0 spiro atoms. The van der Waals surface area contributed by atoms with E-state index < -0.39 is 12.0 Å². The molecule has 1 amide bonds. The number of carboxylic acid groups (broad SMARTS) is 1. The van der Waals surface area contributed by atoms with Crippen LogP contribution in [0.15, 0.2) is 6.07 Å². The van der Waals surface area contributed by atoms with Crippen molar-refractivity contribution in [2.75, 3.05) is 42.9 Å². The molecule has 0 unspecified atom stereocenters. The van der Waals surface area contributed by atoms with E-state index in [0.29, 0.717) is 26.2 Å². The average Bonchev–Trinajstić information content (AvgIpc) is 3.08. The van der Waals surface area contributed by atoms with Crippen LogP contribution in [0.4, 0.5) is 11.8 Å². The molecule has 2 aromatic rings. The van der Waals surface area contributed by atoms with E-state index in [4.69, 9.17) is 5.73 Å². The first-order valence-electron chi connectivity index (χ1n) is 8.93. The Kier molecular flexibility index (Phi) is 5.76. The van der Waals surface area contributed by atoms with Crippen LogP contribution in [-0.2, 0) is 16.0 Å². The molecule has 27 heavy (non-hydrogen) atoms. The van der Waals surface area contributed by atoms with Crippen molar-refractivity contribution in [3.63, 3.8) is 0 Å². The van der Waals surface area contributed by atoms with Gasteiger partial charge in [-0.25, -0.2) is 9.78 Å².